The highest BCUT2D eigenvalue weighted by Crippen LogP contribution is 2.30. The quantitative estimate of drug-likeness (QED) is 0.713. The van der Waals surface area contributed by atoms with Crippen LogP contribution in [0.15, 0.2) is 34.7 Å². The van der Waals surface area contributed by atoms with Crippen molar-refractivity contribution in [2.45, 2.75) is 38.4 Å². The molecule has 0 saturated heterocycles. The minimum atomic E-state index is 0.248. The molecule has 0 saturated carbocycles. The Balaban J connectivity index is 2.15. The number of halogens is 1. The van der Waals surface area contributed by atoms with Gasteiger partial charge in [-0.1, -0.05) is 46.6 Å². The molecule has 96 valence electrons. The molecule has 1 aromatic carbocycles. The summed E-state index contributed by atoms with van der Waals surface area (Å²) < 4.78 is 5.79. The number of rotatable bonds is 4. The predicted octanol–water partition coefficient (Wildman–Crippen LogP) is 5.14. The molecule has 0 amide bonds. The van der Waals surface area contributed by atoms with E-state index in [1.54, 1.807) is 0 Å². The molecule has 1 unspecified atom stereocenters. The topological polar surface area (TPSA) is 13.1 Å². The van der Waals surface area contributed by atoms with Crippen LogP contribution >= 0.6 is 15.9 Å². The monoisotopic (exact) mass is 306 g/mol. The van der Waals surface area contributed by atoms with Gasteiger partial charge in [-0.25, -0.2) is 0 Å². The Labute approximate surface area is 117 Å². The Morgan fingerprint density at radius 1 is 1.17 bits per heavy atom. The van der Waals surface area contributed by atoms with Crippen molar-refractivity contribution in [3.8, 4) is 0 Å². The zero-order valence-electron chi connectivity index (χ0n) is 11.2. The Hall–Kier alpha value is -1.02. The van der Waals surface area contributed by atoms with Gasteiger partial charge in [-0.15, -0.1) is 0 Å². The van der Waals surface area contributed by atoms with Gasteiger partial charge in [0.25, 0.3) is 0 Å². The third-order valence-electron chi connectivity index (χ3n) is 3.24. The first-order valence-corrected chi connectivity index (χ1v) is 7.30. The smallest absolute Gasteiger partial charge is 0.118 e. The summed E-state index contributed by atoms with van der Waals surface area (Å²) in [6, 6.07) is 10.7. The summed E-state index contributed by atoms with van der Waals surface area (Å²) >= 11 is 3.73. The van der Waals surface area contributed by atoms with E-state index in [0.717, 1.165) is 24.4 Å². The van der Waals surface area contributed by atoms with Gasteiger partial charge in [-0.05, 0) is 43.5 Å². The van der Waals surface area contributed by atoms with E-state index >= 15 is 0 Å². The van der Waals surface area contributed by atoms with E-state index in [-0.39, 0.29) is 4.83 Å². The number of hydrogen-bond acceptors (Lipinski definition) is 1. The fraction of sp³-hybridized carbons (Fsp3) is 0.375. The Bertz CT molecular complexity index is 528. The van der Waals surface area contributed by atoms with Crippen LogP contribution in [0.1, 0.15) is 40.0 Å². The number of benzene rings is 1. The van der Waals surface area contributed by atoms with Crippen molar-refractivity contribution in [1.29, 1.82) is 0 Å². The molecular formula is C16H19BrO. The van der Waals surface area contributed by atoms with E-state index in [0.29, 0.717) is 0 Å². The number of hydrogen-bond donors (Lipinski definition) is 0. The van der Waals surface area contributed by atoms with Crippen molar-refractivity contribution < 1.29 is 4.42 Å². The third kappa shape index (κ3) is 3.05. The van der Waals surface area contributed by atoms with E-state index in [2.05, 4.69) is 67.0 Å². The summed E-state index contributed by atoms with van der Waals surface area (Å²) in [7, 11) is 0. The molecule has 0 aliphatic rings. The number of alkyl halides is 1. The summed E-state index contributed by atoms with van der Waals surface area (Å²) in [6.07, 6.45) is 1.91. The van der Waals surface area contributed by atoms with Gasteiger partial charge in [-0.3, -0.25) is 0 Å². The highest BCUT2D eigenvalue weighted by molar-refractivity contribution is 9.09. The molecule has 2 heteroatoms. The predicted molar refractivity (Wildman–Crippen MR) is 79.4 cm³/mol. The van der Waals surface area contributed by atoms with Crippen LogP contribution in [0, 0.1) is 13.8 Å². The summed E-state index contributed by atoms with van der Waals surface area (Å²) in [6.45, 7) is 6.40. The second-order valence-electron chi connectivity index (χ2n) is 4.76. The molecule has 18 heavy (non-hydrogen) atoms. The fourth-order valence-electron chi connectivity index (χ4n) is 2.07. The maximum atomic E-state index is 5.79. The third-order valence-corrected chi connectivity index (χ3v) is 4.02. The molecule has 0 spiro atoms. The molecule has 1 nitrogen and oxygen atoms in total. The van der Waals surface area contributed by atoms with Gasteiger partial charge in [0.2, 0.25) is 0 Å². The minimum Gasteiger partial charge on any atom is -0.465 e. The zero-order chi connectivity index (χ0) is 13.1. The maximum Gasteiger partial charge on any atom is 0.118 e. The lowest BCUT2D eigenvalue weighted by Crippen LogP contribution is -1.97. The first-order valence-electron chi connectivity index (χ1n) is 6.39. The van der Waals surface area contributed by atoms with Gasteiger partial charge in [0.05, 0.1) is 4.83 Å². The van der Waals surface area contributed by atoms with E-state index in [4.69, 9.17) is 4.42 Å². The van der Waals surface area contributed by atoms with E-state index in [1.165, 1.54) is 16.7 Å². The van der Waals surface area contributed by atoms with Crippen molar-refractivity contribution in [3.63, 3.8) is 0 Å². The van der Waals surface area contributed by atoms with Gasteiger partial charge in [0.1, 0.15) is 11.5 Å². The van der Waals surface area contributed by atoms with E-state index in [9.17, 15) is 0 Å². The molecule has 2 rings (SSSR count). The van der Waals surface area contributed by atoms with Gasteiger partial charge < -0.3 is 4.42 Å². The standard InChI is InChI=1S/C16H19BrO/c1-4-14-7-8-16(18-14)15(17)10-13-9-11(2)5-6-12(13)3/h5-9,15H,4,10H2,1-3H3. The summed E-state index contributed by atoms with van der Waals surface area (Å²) in [4.78, 5) is 0.248. The maximum absolute atomic E-state index is 5.79. The highest BCUT2D eigenvalue weighted by atomic mass is 79.9. The lowest BCUT2D eigenvalue weighted by atomic mass is 10.0. The first-order chi connectivity index (χ1) is 8.60. The van der Waals surface area contributed by atoms with Crippen LogP contribution < -0.4 is 0 Å². The molecule has 0 aliphatic carbocycles. The Morgan fingerprint density at radius 3 is 2.61 bits per heavy atom. The average molecular weight is 307 g/mol. The molecule has 0 aliphatic heterocycles. The number of furan rings is 1. The van der Waals surface area contributed by atoms with Crippen LogP contribution in [0.3, 0.4) is 0 Å². The minimum absolute atomic E-state index is 0.248. The zero-order valence-corrected chi connectivity index (χ0v) is 12.8. The largest absolute Gasteiger partial charge is 0.465 e. The van der Waals surface area contributed by atoms with Crippen LogP contribution in [0.2, 0.25) is 0 Å². The van der Waals surface area contributed by atoms with Gasteiger partial charge in [0.15, 0.2) is 0 Å². The van der Waals surface area contributed by atoms with Crippen molar-refractivity contribution in [1.82, 2.24) is 0 Å². The molecule has 1 heterocycles. The summed E-state index contributed by atoms with van der Waals surface area (Å²) in [5.74, 6) is 2.07. The molecule has 2 aromatic rings. The molecule has 1 aromatic heterocycles. The van der Waals surface area contributed by atoms with Crippen LogP contribution in [0.25, 0.3) is 0 Å². The molecular weight excluding hydrogens is 288 g/mol. The van der Waals surface area contributed by atoms with Crippen molar-refractivity contribution in [3.05, 3.63) is 58.5 Å². The lowest BCUT2D eigenvalue weighted by molar-refractivity contribution is 0.467. The van der Waals surface area contributed by atoms with Gasteiger partial charge in [-0.2, -0.15) is 0 Å². The molecule has 0 bridgehead atoms. The van der Waals surface area contributed by atoms with Crippen LogP contribution in [0.4, 0.5) is 0 Å². The fourth-order valence-corrected chi connectivity index (χ4v) is 2.66. The van der Waals surface area contributed by atoms with Gasteiger partial charge >= 0.3 is 0 Å². The second kappa shape index (κ2) is 5.75. The molecule has 0 fully saturated rings. The number of aryl methyl sites for hydroxylation is 3. The normalized spacial score (nSPS) is 12.7. The lowest BCUT2D eigenvalue weighted by Gasteiger charge is -2.10. The SMILES string of the molecule is CCc1ccc(C(Br)Cc2cc(C)ccc2C)o1. The van der Waals surface area contributed by atoms with Crippen molar-refractivity contribution >= 4 is 15.9 Å². The average Bonchev–Trinajstić information content (AvgIpc) is 2.82. The second-order valence-corrected chi connectivity index (χ2v) is 5.86. The van der Waals surface area contributed by atoms with Crippen molar-refractivity contribution in [2.24, 2.45) is 0 Å². The summed E-state index contributed by atoms with van der Waals surface area (Å²) in [5.41, 5.74) is 4.03. The molecule has 0 radical (unpaired) electrons. The Morgan fingerprint density at radius 2 is 1.94 bits per heavy atom. The van der Waals surface area contributed by atoms with Crippen LogP contribution in [-0.4, -0.2) is 0 Å². The molecule has 1 atom stereocenters. The van der Waals surface area contributed by atoms with Crippen LogP contribution in [0.5, 0.6) is 0 Å². The molecule has 0 N–H and O–H groups in total. The first kappa shape index (κ1) is 13.4. The van der Waals surface area contributed by atoms with Crippen molar-refractivity contribution in [2.75, 3.05) is 0 Å². The summed E-state index contributed by atoms with van der Waals surface area (Å²) in [5, 5.41) is 0. The highest BCUT2D eigenvalue weighted by Gasteiger charge is 2.14. The van der Waals surface area contributed by atoms with E-state index in [1.807, 2.05) is 0 Å². The van der Waals surface area contributed by atoms with Crippen LogP contribution in [-0.2, 0) is 12.8 Å². The van der Waals surface area contributed by atoms with Gasteiger partial charge in [0, 0.05) is 6.42 Å². The van der Waals surface area contributed by atoms with E-state index < -0.39 is 0 Å². The Kier molecular flexibility index (Phi) is 4.28.